The molecule has 2 saturated heterocycles. The summed E-state index contributed by atoms with van der Waals surface area (Å²) in [5.74, 6) is -1.22. The van der Waals surface area contributed by atoms with Crippen LogP contribution in [0.3, 0.4) is 0 Å². The summed E-state index contributed by atoms with van der Waals surface area (Å²) in [5, 5.41) is 3.20. The Kier molecular flexibility index (Phi) is 8.52. The number of nitrogens with one attached hydrogen (secondary N) is 1. The zero-order valence-corrected chi connectivity index (χ0v) is 24.6. The van der Waals surface area contributed by atoms with Crippen LogP contribution >= 0.6 is 11.6 Å². The molecule has 1 aromatic carbocycles. The number of methoxy groups -OCH3 is 1. The van der Waals surface area contributed by atoms with Gasteiger partial charge < -0.3 is 19.5 Å². The molecule has 40 heavy (non-hydrogen) atoms. The Morgan fingerprint density at radius 2 is 2.02 bits per heavy atom. The van der Waals surface area contributed by atoms with E-state index < -0.39 is 34.9 Å². The van der Waals surface area contributed by atoms with E-state index >= 15 is 4.39 Å². The summed E-state index contributed by atoms with van der Waals surface area (Å²) < 4.78 is 31.7. The van der Waals surface area contributed by atoms with Gasteiger partial charge in [0.25, 0.3) is 0 Å². The molecule has 1 aliphatic carbocycles. The highest BCUT2D eigenvalue weighted by Gasteiger charge is 2.56. The first-order valence-electron chi connectivity index (χ1n) is 13.5. The molecule has 2 amide bonds. The largest absolute Gasteiger partial charge is 0.489 e. The smallest absolute Gasteiger partial charge is 0.414 e. The van der Waals surface area contributed by atoms with Gasteiger partial charge in [0.2, 0.25) is 5.91 Å². The summed E-state index contributed by atoms with van der Waals surface area (Å²) in [6.07, 6.45) is 2.00. The SMILES string of the molecule is CCN(C(=O)OC(C)(C)C)C1=C2NC(=O)C(C)(N3CCC[C@@H](Oc4ccc(C(=O)OC)c(Cl)c4)C3)C2CC(F)=C1. The molecule has 0 aromatic heterocycles. The number of ether oxygens (including phenoxy) is 3. The molecule has 9 nitrogen and oxygen atoms in total. The van der Waals surface area contributed by atoms with Crippen LogP contribution < -0.4 is 10.1 Å². The van der Waals surface area contributed by atoms with E-state index in [0.717, 1.165) is 12.8 Å². The lowest BCUT2D eigenvalue weighted by atomic mass is 9.78. The summed E-state index contributed by atoms with van der Waals surface area (Å²) >= 11 is 6.27. The summed E-state index contributed by atoms with van der Waals surface area (Å²) in [7, 11) is 1.29. The van der Waals surface area contributed by atoms with Gasteiger partial charge in [-0.15, -0.1) is 0 Å². The molecular formula is C29H37ClFN3O6. The number of amides is 2. The van der Waals surface area contributed by atoms with Crippen LogP contribution in [0.2, 0.25) is 5.02 Å². The number of benzene rings is 1. The fraction of sp³-hybridized carbons (Fsp3) is 0.552. The highest BCUT2D eigenvalue weighted by Crippen LogP contribution is 2.45. The maximum Gasteiger partial charge on any atom is 0.414 e. The van der Waals surface area contributed by atoms with Crippen molar-refractivity contribution in [1.82, 2.24) is 15.1 Å². The summed E-state index contributed by atoms with van der Waals surface area (Å²) in [4.78, 5) is 41.8. The second kappa shape index (κ2) is 11.4. The van der Waals surface area contributed by atoms with Gasteiger partial charge >= 0.3 is 12.1 Å². The molecule has 2 unspecified atom stereocenters. The van der Waals surface area contributed by atoms with Crippen molar-refractivity contribution in [1.29, 1.82) is 0 Å². The number of hydrogen-bond acceptors (Lipinski definition) is 7. The van der Waals surface area contributed by atoms with Crippen LogP contribution in [0, 0.1) is 5.92 Å². The van der Waals surface area contributed by atoms with Gasteiger partial charge in [-0.2, -0.15) is 0 Å². The van der Waals surface area contributed by atoms with E-state index in [1.54, 1.807) is 45.9 Å². The maximum absolute atomic E-state index is 15.1. The van der Waals surface area contributed by atoms with Gasteiger partial charge in [0.1, 0.15) is 28.8 Å². The number of carbonyl (C=O) groups excluding carboxylic acids is 3. The number of halogens is 2. The predicted octanol–water partition coefficient (Wildman–Crippen LogP) is 5.20. The van der Waals surface area contributed by atoms with Crippen LogP contribution in [0.1, 0.15) is 64.2 Å². The first-order chi connectivity index (χ1) is 18.8. The highest BCUT2D eigenvalue weighted by molar-refractivity contribution is 6.33. The average Bonchev–Trinajstić information content (AvgIpc) is 3.14. The molecule has 0 radical (unpaired) electrons. The number of fused-ring (bicyclic) bond motifs is 1. The lowest BCUT2D eigenvalue weighted by Gasteiger charge is -2.45. The van der Waals surface area contributed by atoms with Gasteiger partial charge in [0.15, 0.2) is 0 Å². The van der Waals surface area contributed by atoms with Gasteiger partial charge in [0.05, 0.1) is 23.4 Å². The standard InChI is InChI=1S/C29H37ClFN3O6/c1-7-34(27(37)40-28(2,3)4)23-14-17(31)13-21-24(23)32-26(36)29(21,5)33-12-8-9-19(16-33)39-18-10-11-20(22(30)15-18)25(35)38-6/h10-11,14-15,19,21H,7-9,12-13,16H2,1-6H3,(H,32,36)/t19-,21?,29?/m1/s1. The van der Waals surface area contributed by atoms with Crippen LogP contribution in [0.15, 0.2) is 41.5 Å². The van der Waals surface area contributed by atoms with Crippen LogP contribution in [0.5, 0.6) is 5.75 Å². The number of hydrogen-bond donors (Lipinski definition) is 1. The minimum Gasteiger partial charge on any atom is -0.489 e. The van der Waals surface area contributed by atoms with Gasteiger partial charge in [-0.25, -0.2) is 14.0 Å². The van der Waals surface area contributed by atoms with Crippen molar-refractivity contribution in [2.75, 3.05) is 26.7 Å². The van der Waals surface area contributed by atoms with Crippen molar-refractivity contribution in [2.45, 2.75) is 71.1 Å². The molecule has 4 rings (SSSR count). The van der Waals surface area contributed by atoms with Crippen molar-refractivity contribution in [3.05, 3.63) is 52.1 Å². The lowest BCUT2D eigenvalue weighted by Crippen LogP contribution is -2.59. The molecule has 0 bridgehead atoms. The third kappa shape index (κ3) is 5.83. The van der Waals surface area contributed by atoms with E-state index in [-0.39, 0.29) is 35.6 Å². The Balaban J connectivity index is 1.58. The van der Waals surface area contributed by atoms with Crippen molar-refractivity contribution in [3.8, 4) is 5.75 Å². The number of piperidine rings is 1. The molecule has 11 heteroatoms. The summed E-state index contributed by atoms with van der Waals surface area (Å²) in [6, 6.07) is 4.78. The molecule has 0 spiro atoms. The normalized spacial score (nSPS) is 25.1. The number of carbonyl (C=O) groups is 3. The molecule has 2 heterocycles. The summed E-state index contributed by atoms with van der Waals surface area (Å²) in [6.45, 7) is 10.2. The highest BCUT2D eigenvalue weighted by atomic mass is 35.5. The fourth-order valence-corrected chi connectivity index (χ4v) is 5.84. The van der Waals surface area contributed by atoms with Crippen molar-refractivity contribution in [2.24, 2.45) is 5.92 Å². The Hall–Kier alpha value is -3.11. The van der Waals surface area contributed by atoms with E-state index in [2.05, 4.69) is 5.32 Å². The Bertz CT molecular complexity index is 1260. The average molecular weight is 578 g/mol. The van der Waals surface area contributed by atoms with Crippen LogP contribution in [0.25, 0.3) is 0 Å². The van der Waals surface area contributed by atoms with Crippen LogP contribution in [-0.2, 0) is 14.3 Å². The van der Waals surface area contributed by atoms with Crippen LogP contribution in [-0.4, -0.2) is 71.8 Å². The molecule has 218 valence electrons. The molecule has 3 aliphatic rings. The molecule has 0 saturated carbocycles. The van der Waals surface area contributed by atoms with Gasteiger partial charge in [0, 0.05) is 31.1 Å². The Morgan fingerprint density at radius 1 is 1.30 bits per heavy atom. The van der Waals surface area contributed by atoms with E-state index in [9.17, 15) is 14.4 Å². The predicted molar refractivity (Wildman–Crippen MR) is 148 cm³/mol. The van der Waals surface area contributed by atoms with Gasteiger partial charge in [-0.1, -0.05) is 11.6 Å². The first kappa shape index (κ1) is 29.9. The lowest BCUT2D eigenvalue weighted by molar-refractivity contribution is -0.132. The Morgan fingerprint density at radius 3 is 2.65 bits per heavy atom. The quantitative estimate of drug-likeness (QED) is 0.464. The second-order valence-electron chi connectivity index (χ2n) is 11.4. The van der Waals surface area contributed by atoms with E-state index in [0.29, 0.717) is 30.2 Å². The monoisotopic (exact) mass is 577 g/mol. The maximum atomic E-state index is 15.1. The summed E-state index contributed by atoms with van der Waals surface area (Å²) in [5.41, 5.74) is -0.713. The van der Waals surface area contributed by atoms with Gasteiger partial charge in [-0.3, -0.25) is 14.6 Å². The van der Waals surface area contributed by atoms with Crippen molar-refractivity contribution in [3.63, 3.8) is 0 Å². The zero-order valence-electron chi connectivity index (χ0n) is 23.8. The number of nitrogens with zero attached hydrogens (tertiary/aromatic N) is 2. The third-order valence-electron chi connectivity index (χ3n) is 7.61. The molecular weight excluding hydrogens is 541 g/mol. The second-order valence-corrected chi connectivity index (χ2v) is 11.8. The van der Waals surface area contributed by atoms with Gasteiger partial charge in [-0.05, 0) is 78.3 Å². The molecule has 2 fully saturated rings. The number of rotatable bonds is 6. The minimum absolute atomic E-state index is 0.0343. The third-order valence-corrected chi connectivity index (χ3v) is 7.92. The van der Waals surface area contributed by atoms with Crippen molar-refractivity contribution >= 4 is 29.6 Å². The number of allylic oxidation sites excluding steroid dienone is 2. The molecule has 2 aliphatic heterocycles. The molecule has 1 N–H and O–H groups in total. The first-order valence-corrected chi connectivity index (χ1v) is 13.9. The zero-order chi connectivity index (χ0) is 29.4. The number of likely N-dealkylation sites (tertiary alicyclic amines) is 1. The molecule has 1 aromatic rings. The van der Waals surface area contributed by atoms with Crippen molar-refractivity contribution < 1.29 is 33.0 Å². The fourth-order valence-electron chi connectivity index (χ4n) is 5.59. The Labute approximate surface area is 239 Å². The topological polar surface area (TPSA) is 97.4 Å². The minimum atomic E-state index is -1.06. The number of likely N-dealkylation sites (N-methyl/N-ethyl adjacent to an activating group) is 1. The number of esters is 1. The van der Waals surface area contributed by atoms with Crippen LogP contribution in [0.4, 0.5) is 9.18 Å². The van der Waals surface area contributed by atoms with E-state index in [1.165, 1.54) is 18.1 Å². The molecule has 3 atom stereocenters. The van der Waals surface area contributed by atoms with E-state index in [1.807, 2.05) is 11.8 Å². The van der Waals surface area contributed by atoms with E-state index in [4.69, 9.17) is 25.8 Å².